The minimum atomic E-state index is -0.234. The van der Waals surface area contributed by atoms with Crippen molar-refractivity contribution >= 4 is 11.0 Å². The molecule has 0 saturated heterocycles. The van der Waals surface area contributed by atoms with Crippen molar-refractivity contribution in [1.29, 1.82) is 0 Å². The second-order valence-electron chi connectivity index (χ2n) is 4.63. The topological polar surface area (TPSA) is 39.2 Å². The van der Waals surface area contributed by atoms with Gasteiger partial charge >= 0.3 is 0 Å². The van der Waals surface area contributed by atoms with E-state index in [2.05, 4.69) is 0 Å². The van der Waals surface area contributed by atoms with E-state index in [1.165, 1.54) is 12.1 Å². The first-order valence-corrected chi connectivity index (χ1v) is 6.20. The Morgan fingerprint density at radius 1 is 1.11 bits per heavy atom. The lowest BCUT2D eigenvalue weighted by molar-refractivity contribution is 0.597. The first-order chi connectivity index (χ1) is 9.24. The number of halogens is 1. The summed E-state index contributed by atoms with van der Waals surface area (Å²) in [7, 11) is 0. The van der Waals surface area contributed by atoms with E-state index in [1.54, 1.807) is 12.3 Å². The second-order valence-corrected chi connectivity index (χ2v) is 4.63. The van der Waals surface area contributed by atoms with E-state index in [0.29, 0.717) is 6.42 Å². The Labute approximate surface area is 110 Å². The van der Waals surface area contributed by atoms with E-state index < -0.39 is 0 Å². The summed E-state index contributed by atoms with van der Waals surface area (Å²) in [5, 5.41) is 1.02. The number of fused-ring (bicyclic) bond motifs is 1. The maximum absolute atomic E-state index is 13.2. The van der Waals surface area contributed by atoms with E-state index in [-0.39, 0.29) is 11.9 Å². The molecule has 0 saturated carbocycles. The molecule has 0 amide bonds. The molecule has 2 nitrogen and oxygen atoms in total. The third-order valence-electron chi connectivity index (χ3n) is 3.26. The van der Waals surface area contributed by atoms with Crippen LogP contribution in [0.3, 0.4) is 0 Å². The summed E-state index contributed by atoms with van der Waals surface area (Å²) in [6, 6.07) is 14.1. The van der Waals surface area contributed by atoms with Gasteiger partial charge in [-0.2, -0.15) is 0 Å². The van der Waals surface area contributed by atoms with Crippen LogP contribution in [0, 0.1) is 5.82 Å². The Kier molecular flexibility index (Phi) is 3.05. The van der Waals surface area contributed by atoms with Crippen molar-refractivity contribution < 1.29 is 8.81 Å². The molecule has 3 heteroatoms. The third-order valence-corrected chi connectivity index (χ3v) is 3.26. The van der Waals surface area contributed by atoms with E-state index in [4.69, 9.17) is 10.2 Å². The SMILES string of the molecule is NC(Cc1cccc(F)c1)c1coc2ccccc12. The first-order valence-electron chi connectivity index (χ1n) is 6.20. The van der Waals surface area contributed by atoms with Crippen LogP contribution in [0.5, 0.6) is 0 Å². The van der Waals surface area contributed by atoms with E-state index in [0.717, 1.165) is 22.1 Å². The van der Waals surface area contributed by atoms with E-state index in [9.17, 15) is 4.39 Å². The molecule has 19 heavy (non-hydrogen) atoms. The fraction of sp³-hybridized carbons (Fsp3) is 0.125. The molecule has 0 aliphatic rings. The Bertz CT molecular complexity index is 705. The largest absolute Gasteiger partial charge is 0.464 e. The van der Waals surface area contributed by atoms with Crippen molar-refractivity contribution in [3.05, 3.63) is 71.7 Å². The molecule has 3 aromatic rings. The van der Waals surface area contributed by atoms with Crippen LogP contribution in [0.1, 0.15) is 17.2 Å². The van der Waals surface area contributed by atoms with Gasteiger partial charge in [0.2, 0.25) is 0 Å². The van der Waals surface area contributed by atoms with Crippen LogP contribution in [-0.4, -0.2) is 0 Å². The fourth-order valence-electron chi connectivity index (χ4n) is 2.31. The van der Waals surface area contributed by atoms with Crippen molar-refractivity contribution in [2.75, 3.05) is 0 Å². The van der Waals surface area contributed by atoms with Crippen LogP contribution < -0.4 is 5.73 Å². The van der Waals surface area contributed by atoms with Crippen LogP contribution in [-0.2, 0) is 6.42 Å². The van der Waals surface area contributed by atoms with Gasteiger partial charge in [-0.3, -0.25) is 0 Å². The van der Waals surface area contributed by atoms with Gasteiger partial charge in [0.1, 0.15) is 11.4 Å². The molecule has 3 rings (SSSR count). The molecule has 1 unspecified atom stereocenters. The summed E-state index contributed by atoms with van der Waals surface area (Å²) < 4.78 is 18.6. The van der Waals surface area contributed by atoms with Gasteiger partial charge in [-0.1, -0.05) is 30.3 Å². The van der Waals surface area contributed by atoms with Gasteiger partial charge in [0.15, 0.2) is 0 Å². The molecular formula is C16H14FNO. The zero-order valence-corrected chi connectivity index (χ0v) is 10.3. The molecule has 96 valence electrons. The summed E-state index contributed by atoms with van der Waals surface area (Å²) in [6.07, 6.45) is 2.27. The van der Waals surface area contributed by atoms with Gasteiger partial charge in [0.25, 0.3) is 0 Å². The maximum atomic E-state index is 13.2. The Hall–Kier alpha value is -2.13. The van der Waals surface area contributed by atoms with Crippen LogP contribution in [0.25, 0.3) is 11.0 Å². The lowest BCUT2D eigenvalue weighted by atomic mass is 9.99. The molecule has 0 radical (unpaired) electrons. The lowest BCUT2D eigenvalue weighted by Gasteiger charge is -2.10. The molecular weight excluding hydrogens is 241 g/mol. The minimum absolute atomic E-state index is 0.203. The Balaban J connectivity index is 1.90. The summed E-state index contributed by atoms with van der Waals surface area (Å²) in [5.74, 6) is -0.234. The minimum Gasteiger partial charge on any atom is -0.464 e. The van der Waals surface area contributed by atoms with E-state index in [1.807, 2.05) is 30.3 Å². The van der Waals surface area contributed by atoms with Crippen molar-refractivity contribution in [2.24, 2.45) is 5.73 Å². The number of hydrogen-bond donors (Lipinski definition) is 1. The predicted octanol–water partition coefficient (Wildman–Crippen LogP) is 3.81. The highest BCUT2D eigenvalue weighted by molar-refractivity contribution is 5.81. The highest BCUT2D eigenvalue weighted by Gasteiger charge is 2.13. The van der Waals surface area contributed by atoms with Gasteiger partial charge in [0.05, 0.1) is 6.26 Å². The quantitative estimate of drug-likeness (QED) is 0.772. The number of nitrogens with two attached hydrogens (primary N) is 1. The number of benzene rings is 2. The van der Waals surface area contributed by atoms with Gasteiger partial charge in [-0.25, -0.2) is 4.39 Å². The summed E-state index contributed by atoms with van der Waals surface area (Å²) in [5.41, 5.74) is 8.88. The van der Waals surface area contributed by atoms with Gasteiger partial charge < -0.3 is 10.2 Å². The predicted molar refractivity (Wildman–Crippen MR) is 73.2 cm³/mol. The standard InChI is InChI=1S/C16H14FNO/c17-12-5-3-4-11(8-12)9-15(18)14-10-19-16-7-2-1-6-13(14)16/h1-8,10,15H,9,18H2. The molecule has 1 atom stereocenters. The van der Waals surface area contributed by atoms with Crippen molar-refractivity contribution in [3.63, 3.8) is 0 Å². The molecule has 0 aliphatic heterocycles. The molecule has 0 aliphatic carbocycles. The smallest absolute Gasteiger partial charge is 0.134 e. The monoisotopic (exact) mass is 255 g/mol. The number of para-hydroxylation sites is 1. The maximum Gasteiger partial charge on any atom is 0.134 e. The van der Waals surface area contributed by atoms with Crippen molar-refractivity contribution in [3.8, 4) is 0 Å². The van der Waals surface area contributed by atoms with Crippen molar-refractivity contribution in [2.45, 2.75) is 12.5 Å². The second kappa shape index (κ2) is 4.86. The molecule has 1 heterocycles. The summed E-state index contributed by atoms with van der Waals surface area (Å²) >= 11 is 0. The fourth-order valence-corrected chi connectivity index (χ4v) is 2.31. The van der Waals surface area contributed by atoms with Gasteiger partial charge in [-0.15, -0.1) is 0 Å². The zero-order chi connectivity index (χ0) is 13.2. The average Bonchev–Trinajstić information content (AvgIpc) is 2.82. The molecule has 0 bridgehead atoms. The molecule has 0 spiro atoms. The third kappa shape index (κ3) is 2.37. The lowest BCUT2D eigenvalue weighted by Crippen LogP contribution is -2.12. The zero-order valence-electron chi connectivity index (χ0n) is 10.3. The molecule has 1 aromatic heterocycles. The van der Waals surface area contributed by atoms with E-state index >= 15 is 0 Å². The summed E-state index contributed by atoms with van der Waals surface area (Å²) in [6.45, 7) is 0. The summed E-state index contributed by atoms with van der Waals surface area (Å²) in [4.78, 5) is 0. The number of hydrogen-bond acceptors (Lipinski definition) is 2. The van der Waals surface area contributed by atoms with Crippen LogP contribution in [0.4, 0.5) is 4.39 Å². The normalized spacial score (nSPS) is 12.7. The molecule has 2 N–H and O–H groups in total. The van der Waals surface area contributed by atoms with Crippen LogP contribution >= 0.6 is 0 Å². The Morgan fingerprint density at radius 3 is 2.79 bits per heavy atom. The van der Waals surface area contributed by atoms with Crippen LogP contribution in [0.15, 0.2) is 59.2 Å². The molecule has 0 fully saturated rings. The highest BCUT2D eigenvalue weighted by atomic mass is 19.1. The van der Waals surface area contributed by atoms with Gasteiger partial charge in [0, 0.05) is 17.0 Å². The average molecular weight is 255 g/mol. The first kappa shape index (κ1) is 11.9. The number of furan rings is 1. The number of rotatable bonds is 3. The van der Waals surface area contributed by atoms with Crippen LogP contribution in [0.2, 0.25) is 0 Å². The Morgan fingerprint density at radius 2 is 1.95 bits per heavy atom. The molecule has 2 aromatic carbocycles. The van der Waals surface area contributed by atoms with Crippen molar-refractivity contribution in [1.82, 2.24) is 0 Å². The van der Waals surface area contributed by atoms with Gasteiger partial charge in [-0.05, 0) is 30.2 Å². The highest BCUT2D eigenvalue weighted by Crippen LogP contribution is 2.27.